The fourth-order valence-electron chi connectivity index (χ4n) is 2.53. The summed E-state index contributed by atoms with van der Waals surface area (Å²) in [7, 11) is -3.97. The molecule has 0 unspecified atom stereocenters. The van der Waals surface area contributed by atoms with E-state index in [4.69, 9.17) is 16.0 Å². The molecule has 4 nitrogen and oxygen atoms in total. The molecule has 0 radical (unpaired) electrons. The molecule has 1 atom stereocenters. The average molecular weight is 490 g/mol. The minimum absolute atomic E-state index is 0.106. The van der Waals surface area contributed by atoms with E-state index in [0.29, 0.717) is 0 Å². The number of alkyl halides is 1. The molecule has 1 rings (SSSR count). The first-order valence-electron chi connectivity index (χ1n) is 7.75. The molecule has 0 aliphatic heterocycles. The monoisotopic (exact) mass is 489 g/mol. The van der Waals surface area contributed by atoms with Gasteiger partial charge in [0.1, 0.15) is 4.90 Å². The van der Waals surface area contributed by atoms with Crippen molar-refractivity contribution < 1.29 is 12.8 Å². The van der Waals surface area contributed by atoms with Crippen molar-refractivity contribution in [1.29, 1.82) is 0 Å². The Hall–Kier alpha value is 0.327. The Labute approximate surface area is 159 Å². The van der Waals surface area contributed by atoms with Crippen molar-refractivity contribution in [1.82, 2.24) is 4.72 Å². The third-order valence-electron chi connectivity index (χ3n) is 4.35. The lowest BCUT2D eigenvalue weighted by molar-refractivity contribution is 0.217. The standard InChI is InChI=1S/C15H25ClINO3SSi/c1-5-23(6-2,7-3)21-14(11-17)12-8-9-13(16)15(10-12)22(19,20)18-4/h8-10,14,18H,5-7,11H2,1-4H3/t14-/m0/s1. The van der Waals surface area contributed by atoms with Gasteiger partial charge in [0, 0.05) is 4.43 Å². The zero-order valence-electron chi connectivity index (χ0n) is 14.0. The van der Waals surface area contributed by atoms with Crippen molar-refractivity contribution >= 4 is 52.5 Å². The third kappa shape index (κ3) is 5.15. The van der Waals surface area contributed by atoms with Crippen molar-refractivity contribution in [2.24, 2.45) is 0 Å². The Bertz CT molecular complexity index is 615. The van der Waals surface area contributed by atoms with E-state index in [1.807, 2.05) is 6.07 Å². The van der Waals surface area contributed by atoms with Gasteiger partial charge in [-0.25, -0.2) is 13.1 Å². The average Bonchev–Trinajstić information content (AvgIpc) is 2.57. The lowest BCUT2D eigenvalue weighted by Gasteiger charge is -2.33. The number of benzene rings is 1. The molecular weight excluding hydrogens is 465 g/mol. The number of nitrogens with one attached hydrogen (secondary N) is 1. The van der Waals surface area contributed by atoms with Crippen molar-refractivity contribution in [3.8, 4) is 0 Å². The molecule has 23 heavy (non-hydrogen) atoms. The number of hydrogen-bond donors (Lipinski definition) is 1. The summed E-state index contributed by atoms with van der Waals surface area (Å²) in [6, 6.07) is 8.31. The fourth-order valence-corrected chi connectivity index (χ4v) is 7.64. The number of halogens is 2. The molecule has 0 aliphatic rings. The summed E-state index contributed by atoms with van der Waals surface area (Å²) in [6.45, 7) is 6.55. The van der Waals surface area contributed by atoms with Crippen molar-refractivity contribution in [2.75, 3.05) is 11.5 Å². The Morgan fingerprint density at radius 2 is 1.83 bits per heavy atom. The van der Waals surface area contributed by atoms with Gasteiger partial charge in [0.15, 0.2) is 8.32 Å². The Morgan fingerprint density at radius 1 is 1.26 bits per heavy atom. The van der Waals surface area contributed by atoms with Gasteiger partial charge < -0.3 is 4.43 Å². The summed E-state index contributed by atoms with van der Waals surface area (Å²) in [6.07, 6.45) is -0.106. The van der Waals surface area contributed by atoms with Crippen LogP contribution in [0.4, 0.5) is 0 Å². The van der Waals surface area contributed by atoms with Gasteiger partial charge in [-0.3, -0.25) is 0 Å². The van der Waals surface area contributed by atoms with Crippen LogP contribution in [-0.4, -0.2) is 28.2 Å². The van der Waals surface area contributed by atoms with E-state index in [9.17, 15) is 8.42 Å². The molecule has 0 fully saturated rings. The molecule has 0 spiro atoms. The maximum atomic E-state index is 12.1. The topological polar surface area (TPSA) is 55.4 Å². The van der Waals surface area contributed by atoms with Crippen LogP contribution in [0, 0.1) is 0 Å². The summed E-state index contributed by atoms with van der Waals surface area (Å²) in [5.41, 5.74) is 0.866. The highest BCUT2D eigenvalue weighted by Gasteiger charge is 2.32. The first-order valence-corrected chi connectivity index (χ1v) is 13.7. The van der Waals surface area contributed by atoms with Crippen LogP contribution in [0.2, 0.25) is 23.2 Å². The van der Waals surface area contributed by atoms with Crippen LogP contribution >= 0.6 is 34.2 Å². The van der Waals surface area contributed by atoms with E-state index < -0.39 is 18.3 Å². The molecule has 0 aromatic heterocycles. The minimum Gasteiger partial charge on any atom is -0.409 e. The predicted octanol–water partition coefficient (Wildman–Crippen LogP) is 4.75. The van der Waals surface area contributed by atoms with Crippen LogP contribution in [0.3, 0.4) is 0 Å². The summed E-state index contributed by atoms with van der Waals surface area (Å²) < 4.78 is 33.8. The molecule has 1 aromatic rings. The first kappa shape index (κ1) is 21.4. The molecule has 0 saturated carbocycles. The summed E-state index contributed by atoms with van der Waals surface area (Å²) in [5.74, 6) is 0. The second kappa shape index (κ2) is 9.14. The van der Waals surface area contributed by atoms with Crippen molar-refractivity contribution in [2.45, 2.75) is 49.9 Å². The quantitative estimate of drug-likeness (QED) is 0.309. The zero-order chi connectivity index (χ0) is 17.7. The maximum Gasteiger partial charge on any atom is 0.241 e. The fraction of sp³-hybridized carbons (Fsp3) is 0.600. The molecule has 1 N–H and O–H groups in total. The second-order valence-corrected chi connectivity index (χ2v) is 13.3. The van der Waals surface area contributed by atoms with Gasteiger partial charge in [-0.1, -0.05) is 61.0 Å². The van der Waals surface area contributed by atoms with Gasteiger partial charge in [-0.15, -0.1) is 0 Å². The molecule has 1 aromatic carbocycles. The molecule has 0 saturated heterocycles. The highest BCUT2D eigenvalue weighted by atomic mass is 127. The molecule has 0 bridgehead atoms. The van der Waals surface area contributed by atoms with E-state index in [2.05, 4.69) is 48.1 Å². The number of rotatable bonds is 9. The van der Waals surface area contributed by atoms with E-state index in [0.717, 1.165) is 28.1 Å². The van der Waals surface area contributed by atoms with E-state index in [-0.39, 0.29) is 16.0 Å². The summed E-state index contributed by atoms with van der Waals surface area (Å²) >= 11 is 8.36. The van der Waals surface area contributed by atoms with Crippen molar-refractivity contribution in [3.63, 3.8) is 0 Å². The molecule has 0 heterocycles. The lowest BCUT2D eigenvalue weighted by atomic mass is 10.1. The van der Waals surface area contributed by atoms with E-state index in [1.54, 1.807) is 12.1 Å². The van der Waals surface area contributed by atoms with E-state index in [1.165, 1.54) is 7.05 Å². The Balaban J connectivity index is 3.25. The molecule has 132 valence electrons. The maximum absolute atomic E-state index is 12.1. The zero-order valence-corrected chi connectivity index (χ0v) is 18.8. The molecule has 8 heteroatoms. The van der Waals surface area contributed by atoms with Gasteiger partial charge >= 0.3 is 0 Å². The van der Waals surface area contributed by atoms with Crippen LogP contribution in [0.5, 0.6) is 0 Å². The Morgan fingerprint density at radius 3 is 2.26 bits per heavy atom. The number of hydrogen-bond acceptors (Lipinski definition) is 3. The van der Waals surface area contributed by atoms with Crippen LogP contribution in [0.25, 0.3) is 0 Å². The smallest absolute Gasteiger partial charge is 0.241 e. The van der Waals surface area contributed by atoms with Gasteiger partial charge in [0.05, 0.1) is 11.1 Å². The second-order valence-electron chi connectivity index (χ2n) is 5.40. The predicted molar refractivity (Wildman–Crippen MR) is 108 cm³/mol. The first-order chi connectivity index (χ1) is 10.8. The van der Waals surface area contributed by atoms with Crippen molar-refractivity contribution in [3.05, 3.63) is 28.8 Å². The van der Waals surface area contributed by atoms with Gasteiger partial charge in [-0.2, -0.15) is 0 Å². The summed E-state index contributed by atoms with van der Waals surface area (Å²) in [4.78, 5) is 0.106. The van der Waals surface area contributed by atoms with Gasteiger partial charge in [-0.05, 0) is 42.9 Å². The molecule has 0 aliphatic carbocycles. The highest BCUT2D eigenvalue weighted by Crippen LogP contribution is 2.33. The SMILES string of the molecule is CC[Si](CC)(CC)O[C@@H](CI)c1ccc(Cl)c(S(=O)(=O)NC)c1. The third-order valence-corrected chi connectivity index (χ3v) is 11.7. The lowest BCUT2D eigenvalue weighted by Crippen LogP contribution is -2.37. The highest BCUT2D eigenvalue weighted by molar-refractivity contribution is 14.1. The van der Waals surface area contributed by atoms with Crippen LogP contribution in [-0.2, 0) is 14.4 Å². The molecular formula is C15H25ClINO3SSi. The van der Waals surface area contributed by atoms with Crippen LogP contribution < -0.4 is 4.72 Å². The summed E-state index contributed by atoms with van der Waals surface area (Å²) in [5, 5.41) is 0.222. The molecule has 0 amide bonds. The number of sulfonamides is 1. The Kier molecular flexibility index (Phi) is 8.50. The van der Waals surface area contributed by atoms with Crippen LogP contribution in [0.15, 0.2) is 23.1 Å². The normalized spacial score (nSPS) is 14.0. The largest absolute Gasteiger partial charge is 0.409 e. The minimum atomic E-state index is -3.58. The van der Waals surface area contributed by atoms with Gasteiger partial charge in [0.2, 0.25) is 10.0 Å². The van der Waals surface area contributed by atoms with E-state index >= 15 is 0 Å². The van der Waals surface area contributed by atoms with Gasteiger partial charge in [0.25, 0.3) is 0 Å². The van der Waals surface area contributed by atoms with Crippen LogP contribution in [0.1, 0.15) is 32.4 Å².